The van der Waals surface area contributed by atoms with Gasteiger partial charge in [0.15, 0.2) is 0 Å². The fourth-order valence-corrected chi connectivity index (χ4v) is 2.74. The number of nitrogens with two attached hydrogens (primary N) is 1. The van der Waals surface area contributed by atoms with Gasteiger partial charge in [0.1, 0.15) is 18.0 Å². The summed E-state index contributed by atoms with van der Waals surface area (Å²) in [6.07, 6.45) is 3.75. The predicted molar refractivity (Wildman–Crippen MR) is 84.8 cm³/mol. The van der Waals surface area contributed by atoms with Crippen LogP contribution in [0.1, 0.15) is 18.4 Å². The molecule has 0 unspecified atom stereocenters. The third kappa shape index (κ3) is 3.92. The first-order valence-electron chi connectivity index (χ1n) is 7.40. The number of piperidine rings is 1. The minimum Gasteiger partial charge on any atom is -0.384 e. The second-order valence-electron chi connectivity index (χ2n) is 5.51. The van der Waals surface area contributed by atoms with Crippen molar-refractivity contribution in [1.82, 2.24) is 14.9 Å². The topological polar surface area (TPSA) is 67.1 Å². The van der Waals surface area contributed by atoms with E-state index in [-0.39, 0.29) is 0 Å². The molecule has 3 rings (SSSR count). The van der Waals surface area contributed by atoms with Crippen LogP contribution in [0.2, 0.25) is 0 Å². The molecule has 1 fully saturated rings. The highest BCUT2D eigenvalue weighted by Gasteiger charge is 2.19. The number of rotatable bonds is 4. The molecule has 1 saturated heterocycles. The Kier molecular flexibility index (Phi) is 4.31. The van der Waals surface area contributed by atoms with Gasteiger partial charge in [0.25, 0.3) is 0 Å². The van der Waals surface area contributed by atoms with E-state index in [9.17, 15) is 0 Å². The Morgan fingerprint density at radius 3 is 2.62 bits per heavy atom. The number of nitrogens with zero attached hydrogens (tertiary/aromatic N) is 3. The molecule has 1 aliphatic heterocycles. The summed E-state index contributed by atoms with van der Waals surface area (Å²) in [4.78, 5) is 10.6. The molecule has 3 N–H and O–H groups in total. The quantitative estimate of drug-likeness (QED) is 0.900. The molecule has 110 valence electrons. The van der Waals surface area contributed by atoms with Crippen LogP contribution in [-0.4, -0.2) is 34.0 Å². The van der Waals surface area contributed by atoms with E-state index < -0.39 is 0 Å². The average Bonchev–Trinajstić information content (AvgIpc) is 2.50. The van der Waals surface area contributed by atoms with Crippen LogP contribution >= 0.6 is 0 Å². The number of nitrogen functional groups attached to an aromatic ring is 1. The molecule has 1 aromatic heterocycles. The molecular formula is C16H21N5. The Bertz CT molecular complexity index is 564. The van der Waals surface area contributed by atoms with Gasteiger partial charge in [-0.3, -0.25) is 4.90 Å². The van der Waals surface area contributed by atoms with E-state index in [1.165, 1.54) is 11.9 Å². The number of likely N-dealkylation sites (tertiary alicyclic amines) is 1. The molecule has 0 spiro atoms. The van der Waals surface area contributed by atoms with E-state index in [2.05, 4.69) is 50.5 Å². The first-order valence-corrected chi connectivity index (χ1v) is 7.40. The van der Waals surface area contributed by atoms with Crippen molar-refractivity contribution in [1.29, 1.82) is 0 Å². The maximum Gasteiger partial charge on any atom is 0.131 e. The summed E-state index contributed by atoms with van der Waals surface area (Å²) in [6.45, 7) is 3.24. The van der Waals surface area contributed by atoms with Gasteiger partial charge in [-0.15, -0.1) is 0 Å². The van der Waals surface area contributed by atoms with Gasteiger partial charge in [-0.25, -0.2) is 9.97 Å². The van der Waals surface area contributed by atoms with Gasteiger partial charge in [-0.05, 0) is 18.4 Å². The first-order chi connectivity index (χ1) is 10.3. The van der Waals surface area contributed by atoms with Gasteiger partial charge >= 0.3 is 0 Å². The molecule has 5 heteroatoms. The molecule has 1 aromatic carbocycles. The Labute approximate surface area is 125 Å². The van der Waals surface area contributed by atoms with Crippen LogP contribution in [-0.2, 0) is 6.54 Å². The zero-order chi connectivity index (χ0) is 14.5. The second kappa shape index (κ2) is 6.54. The lowest BCUT2D eigenvalue weighted by Gasteiger charge is -2.32. The normalized spacial score (nSPS) is 16.8. The highest BCUT2D eigenvalue weighted by Crippen LogP contribution is 2.17. The van der Waals surface area contributed by atoms with Crippen molar-refractivity contribution in [2.45, 2.75) is 25.4 Å². The van der Waals surface area contributed by atoms with Gasteiger partial charge in [0, 0.05) is 31.7 Å². The van der Waals surface area contributed by atoms with Crippen LogP contribution in [0.15, 0.2) is 42.7 Å². The van der Waals surface area contributed by atoms with Crippen molar-refractivity contribution >= 4 is 11.6 Å². The maximum absolute atomic E-state index is 5.67. The van der Waals surface area contributed by atoms with E-state index >= 15 is 0 Å². The van der Waals surface area contributed by atoms with Crippen LogP contribution in [0.25, 0.3) is 0 Å². The highest BCUT2D eigenvalue weighted by atomic mass is 15.1. The molecule has 0 amide bonds. The lowest BCUT2D eigenvalue weighted by molar-refractivity contribution is 0.211. The first kappa shape index (κ1) is 13.8. The summed E-state index contributed by atoms with van der Waals surface area (Å²) < 4.78 is 0. The van der Waals surface area contributed by atoms with Crippen LogP contribution in [0.4, 0.5) is 11.6 Å². The maximum atomic E-state index is 5.67. The number of hydrogen-bond donors (Lipinski definition) is 2. The van der Waals surface area contributed by atoms with Gasteiger partial charge in [-0.2, -0.15) is 0 Å². The molecule has 0 radical (unpaired) electrons. The number of benzene rings is 1. The molecule has 2 aromatic rings. The van der Waals surface area contributed by atoms with Gasteiger partial charge in [0.05, 0.1) is 0 Å². The van der Waals surface area contributed by atoms with Crippen LogP contribution in [0, 0.1) is 0 Å². The van der Waals surface area contributed by atoms with Crippen molar-refractivity contribution in [2.24, 2.45) is 0 Å². The molecule has 0 aliphatic carbocycles. The van der Waals surface area contributed by atoms with Crippen molar-refractivity contribution in [3.05, 3.63) is 48.3 Å². The summed E-state index contributed by atoms with van der Waals surface area (Å²) in [5.74, 6) is 1.33. The van der Waals surface area contributed by atoms with E-state index in [1.54, 1.807) is 6.07 Å². The van der Waals surface area contributed by atoms with Crippen LogP contribution < -0.4 is 11.1 Å². The van der Waals surface area contributed by atoms with Gasteiger partial charge in [-0.1, -0.05) is 30.3 Å². The predicted octanol–water partition coefficient (Wildman–Crippen LogP) is 2.14. The Morgan fingerprint density at radius 2 is 1.90 bits per heavy atom. The third-order valence-electron chi connectivity index (χ3n) is 3.88. The third-order valence-corrected chi connectivity index (χ3v) is 3.88. The van der Waals surface area contributed by atoms with Crippen LogP contribution in [0.5, 0.6) is 0 Å². The molecule has 2 heterocycles. The summed E-state index contributed by atoms with van der Waals surface area (Å²) >= 11 is 0. The smallest absolute Gasteiger partial charge is 0.131 e. The van der Waals surface area contributed by atoms with E-state index in [0.29, 0.717) is 11.9 Å². The molecule has 5 nitrogen and oxygen atoms in total. The summed E-state index contributed by atoms with van der Waals surface area (Å²) in [5.41, 5.74) is 7.05. The second-order valence-corrected chi connectivity index (χ2v) is 5.51. The average molecular weight is 283 g/mol. The zero-order valence-corrected chi connectivity index (χ0v) is 12.1. The molecule has 0 bridgehead atoms. The Morgan fingerprint density at radius 1 is 1.14 bits per heavy atom. The summed E-state index contributed by atoms with van der Waals surface area (Å²) in [5, 5.41) is 3.45. The summed E-state index contributed by atoms with van der Waals surface area (Å²) in [6, 6.07) is 12.9. The number of anilines is 2. The van der Waals surface area contributed by atoms with Crippen molar-refractivity contribution in [3.63, 3.8) is 0 Å². The van der Waals surface area contributed by atoms with Crippen molar-refractivity contribution in [3.8, 4) is 0 Å². The zero-order valence-electron chi connectivity index (χ0n) is 12.1. The molecule has 0 saturated carbocycles. The molecule has 1 aliphatic rings. The Balaban J connectivity index is 1.49. The minimum absolute atomic E-state index is 0.464. The summed E-state index contributed by atoms with van der Waals surface area (Å²) in [7, 11) is 0. The molecular weight excluding hydrogens is 262 g/mol. The lowest BCUT2D eigenvalue weighted by Crippen LogP contribution is -2.38. The minimum atomic E-state index is 0.464. The lowest BCUT2D eigenvalue weighted by atomic mass is 10.0. The highest BCUT2D eigenvalue weighted by molar-refractivity contribution is 5.43. The van der Waals surface area contributed by atoms with Crippen molar-refractivity contribution < 1.29 is 0 Å². The van der Waals surface area contributed by atoms with E-state index in [4.69, 9.17) is 5.73 Å². The number of aromatic nitrogens is 2. The fourth-order valence-electron chi connectivity index (χ4n) is 2.74. The Hall–Kier alpha value is -2.14. The van der Waals surface area contributed by atoms with Crippen LogP contribution in [0.3, 0.4) is 0 Å². The standard InChI is InChI=1S/C16H21N5/c17-15-10-16(19-12-18-15)20-14-6-8-21(9-7-14)11-13-4-2-1-3-5-13/h1-5,10,12,14H,6-9,11H2,(H3,17,18,19,20). The fraction of sp³-hybridized carbons (Fsp3) is 0.375. The van der Waals surface area contributed by atoms with E-state index in [0.717, 1.165) is 38.3 Å². The largest absolute Gasteiger partial charge is 0.384 e. The monoisotopic (exact) mass is 283 g/mol. The van der Waals surface area contributed by atoms with Gasteiger partial charge in [0.2, 0.25) is 0 Å². The SMILES string of the molecule is Nc1cc(NC2CCN(Cc3ccccc3)CC2)ncn1. The number of nitrogens with one attached hydrogen (secondary N) is 1. The number of hydrogen-bond acceptors (Lipinski definition) is 5. The van der Waals surface area contributed by atoms with Gasteiger partial charge < -0.3 is 11.1 Å². The molecule has 0 atom stereocenters. The van der Waals surface area contributed by atoms with E-state index in [1.807, 2.05) is 0 Å². The van der Waals surface area contributed by atoms with Crippen molar-refractivity contribution in [2.75, 3.05) is 24.1 Å². The molecule has 21 heavy (non-hydrogen) atoms.